The second kappa shape index (κ2) is 15.9. The minimum absolute atomic E-state index is 0.138. The van der Waals surface area contributed by atoms with Crippen LogP contribution in [0, 0.1) is 17.0 Å². The monoisotopic (exact) mass is 710 g/mol. The first-order valence-electron chi connectivity index (χ1n) is 17.0. The quantitative estimate of drug-likeness (QED) is 0.309. The summed E-state index contributed by atoms with van der Waals surface area (Å²) in [6.07, 6.45) is 1.01. The number of halogens is 2. The summed E-state index contributed by atoms with van der Waals surface area (Å²) in [6.45, 7) is 13.1. The van der Waals surface area contributed by atoms with Gasteiger partial charge in [0, 0.05) is 32.7 Å². The number of amides is 4. The van der Waals surface area contributed by atoms with E-state index in [1.165, 1.54) is 48.3 Å². The number of tetrazole rings is 1. The van der Waals surface area contributed by atoms with Crippen molar-refractivity contribution in [2.45, 2.75) is 91.5 Å². The molecule has 1 aliphatic heterocycles. The molecule has 0 spiro atoms. The molecule has 1 aliphatic rings. The summed E-state index contributed by atoms with van der Waals surface area (Å²) in [4.78, 5) is 59.9. The van der Waals surface area contributed by atoms with Crippen molar-refractivity contribution in [3.05, 3.63) is 71.6 Å². The molecule has 0 radical (unpaired) electrons. The van der Waals surface area contributed by atoms with E-state index in [9.17, 15) is 28.0 Å². The summed E-state index contributed by atoms with van der Waals surface area (Å²) in [5.74, 6) is -2.34. The fraction of sp³-hybridized carbons (Fsp3) is 0.528. The van der Waals surface area contributed by atoms with Crippen LogP contribution in [0.2, 0.25) is 0 Å². The number of rotatable bonds is 11. The maximum atomic E-state index is 14.3. The van der Waals surface area contributed by atoms with E-state index in [1.807, 2.05) is 20.8 Å². The summed E-state index contributed by atoms with van der Waals surface area (Å²) < 4.78 is 32.5. The standard InChI is InChI=1S/C36H48F2N8O5/c1-23(43(8)34(50)51-36(5,6)7)31(47)39-29(35(2,3)4)32(48)45-20-9-10-28(45)22-44(21-19-24-11-13-25(37)14-12-24)33(49)30-40-42-46(41-30)27-17-15-26(38)16-18-27/h11-18,23,28-29H,9-10,19-22H2,1-8H3,(H,39,47). The number of benzene rings is 2. The zero-order valence-electron chi connectivity index (χ0n) is 30.5. The fourth-order valence-corrected chi connectivity index (χ4v) is 5.63. The summed E-state index contributed by atoms with van der Waals surface area (Å²) in [5, 5.41) is 15.1. The number of carbonyl (C=O) groups excluding carboxylic acids is 4. The van der Waals surface area contributed by atoms with Crippen LogP contribution >= 0.6 is 0 Å². The molecule has 4 amide bonds. The fourth-order valence-electron chi connectivity index (χ4n) is 5.63. The SMILES string of the molecule is CC(C(=O)NC(C(=O)N1CCCC1CN(CCc1ccc(F)cc1)C(=O)c1nnn(-c2ccc(F)cc2)n1)C(C)(C)C)N(C)C(=O)OC(C)(C)C. The molecule has 0 aliphatic carbocycles. The van der Waals surface area contributed by atoms with E-state index in [-0.39, 0.29) is 30.6 Å². The Morgan fingerprint density at radius 3 is 2.18 bits per heavy atom. The van der Waals surface area contributed by atoms with E-state index in [1.54, 1.807) is 49.6 Å². The molecule has 1 fully saturated rings. The van der Waals surface area contributed by atoms with Crippen LogP contribution in [0.5, 0.6) is 0 Å². The summed E-state index contributed by atoms with van der Waals surface area (Å²) >= 11 is 0. The maximum absolute atomic E-state index is 14.3. The number of hydrogen-bond acceptors (Lipinski definition) is 8. The van der Waals surface area contributed by atoms with Crippen molar-refractivity contribution in [3.63, 3.8) is 0 Å². The molecule has 1 aromatic heterocycles. The largest absolute Gasteiger partial charge is 0.444 e. The third kappa shape index (κ3) is 10.3. The number of nitrogens with zero attached hydrogens (tertiary/aromatic N) is 7. The summed E-state index contributed by atoms with van der Waals surface area (Å²) in [7, 11) is 1.47. The Labute approximate surface area is 297 Å². The molecule has 13 nitrogen and oxygen atoms in total. The average molecular weight is 711 g/mol. The van der Waals surface area contributed by atoms with Crippen molar-refractivity contribution in [2.75, 3.05) is 26.7 Å². The van der Waals surface area contributed by atoms with Crippen LogP contribution in [0.25, 0.3) is 5.69 Å². The van der Waals surface area contributed by atoms with Crippen molar-refractivity contribution < 1.29 is 32.7 Å². The number of likely N-dealkylation sites (tertiary alicyclic amines) is 1. The van der Waals surface area contributed by atoms with Crippen molar-refractivity contribution in [1.82, 2.24) is 40.2 Å². The number of hydrogen-bond donors (Lipinski definition) is 1. The third-order valence-electron chi connectivity index (χ3n) is 8.67. The van der Waals surface area contributed by atoms with Crippen LogP contribution in [-0.2, 0) is 20.7 Å². The van der Waals surface area contributed by atoms with Gasteiger partial charge in [0.1, 0.15) is 29.3 Å². The Morgan fingerprint density at radius 1 is 0.980 bits per heavy atom. The van der Waals surface area contributed by atoms with Gasteiger partial charge in [-0.15, -0.1) is 15.0 Å². The van der Waals surface area contributed by atoms with Gasteiger partial charge in [-0.3, -0.25) is 19.3 Å². The molecule has 2 heterocycles. The Kier molecular flexibility index (Phi) is 12.1. The molecular formula is C36H48F2N8O5. The molecule has 2 aromatic carbocycles. The molecule has 1 N–H and O–H groups in total. The van der Waals surface area contributed by atoms with Gasteiger partial charge in [0.25, 0.3) is 11.7 Å². The zero-order valence-corrected chi connectivity index (χ0v) is 30.5. The van der Waals surface area contributed by atoms with E-state index in [4.69, 9.17) is 4.74 Å². The highest BCUT2D eigenvalue weighted by molar-refractivity contribution is 5.92. The molecule has 51 heavy (non-hydrogen) atoms. The van der Waals surface area contributed by atoms with Gasteiger partial charge in [0.15, 0.2) is 0 Å². The van der Waals surface area contributed by atoms with Crippen LogP contribution in [0.1, 0.15) is 77.5 Å². The van der Waals surface area contributed by atoms with E-state index < -0.39 is 52.9 Å². The smallest absolute Gasteiger partial charge is 0.410 e. The van der Waals surface area contributed by atoms with Crippen molar-refractivity contribution in [1.29, 1.82) is 0 Å². The van der Waals surface area contributed by atoms with Crippen molar-refractivity contribution in [2.24, 2.45) is 5.41 Å². The van der Waals surface area contributed by atoms with E-state index in [0.29, 0.717) is 31.5 Å². The number of aromatic nitrogens is 4. The molecule has 1 saturated heterocycles. The van der Waals surface area contributed by atoms with Crippen molar-refractivity contribution >= 4 is 23.8 Å². The first kappa shape index (κ1) is 38.8. The number of likely N-dealkylation sites (N-methyl/N-ethyl adjacent to an activating group) is 1. The highest BCUT2D eigenvalue weighted by Crippen LogP contribution is 2.27. The van der Waals surface area contributed by atoms with Crippen LogP contribution in [0.3, 0.4) is 0 Å². The number of ether oxygens (including phenoxy) is 1. The highest BCUT2D eigenvalue weighted by atomic mass is 19.1. The maximum Gasteiger partial charge on any atom is 0.410 e. The van der Waals surface area contributed by atoms with Gasteiger partial charge >= 0.3 is 6.09 Å². The lowest BCUT2D eigenvalue weighted by Crippen LogP contribution is -2.59. The van der Waals surface area contributed by atoms with Gasteiger partial charge in [0.05, 0.1) is 5.69 Å². The number of nitrogens with one attached hydrogen (secondary N) is 1. The van der Waals surface area contributed by atoms with Gasteiger partial charge in [0.2, 0.25) is 11.8 Å². The van der Waals surface area contributed by atoms with Gasteiger partial charge in [-0.05, 0) is 99.5 Å². The first-order valence-corrected chi connectivity index (χ1v) is 17.0. The molecule has 0 bridgehead atoms. The minimum atomic E-state index is -0.944. The van der Waals surface area contributed by atoms with Crippen LogP contribution in [-0.4, -0.2) is 109 Å². The Balaban J connectivity index is 1.54. The average Bonchev–Trinajstić information content (AvgIpc) is 3.74. The Bertz CT molecular complexity index is 1680. The van der Waals surface area contributed by atoms with Crippen molar-refractivity contribution in [3.8, 4) is 5.69 Å². The van der Waals surface area contributed by atoms with Gasteiger partial charge in [-0.2, -0.15) is 0 Å². The Morgan fingerprint density at radius 2 is 1.59 bits per heavy atom. The summed E-state index contributed by atoms with van der Waals surface area (Å²) in [5.41, 5.74) is -0.238. The molecule has 3 atom stereocenters. The molecular weight excluding hydrogens is 662 g/mol. The first-order chi connectivity index (χ1) is 23.8. The molecule has 4 rings (SSSR count). The second-order valence-corrected chi connectivity index (χ2v) is 14.9. The van der Waals surface area contributed by atoms with E-state index >= 15 is 0 Å². The van der Waals surface area contributed by atoms with Crippen LogP contribution in [0.4, 0.5) is 13.6 Å². The normalized spacial score (nSPS) is 16.0. The van der Waals surface area contributed by atoms with E-state index in [0.717, 1.165) is 10.4 Å². The predicted molar refractivity (Wildman–Crippen MR) is 185 cm³/mol. The second-order valence-electron chi connectivity index (χ2n) is 14.9. The summed E-state index contributed by atoms with van der Waals surface area (Å²) in [6, 6.07) is 9.12. The molecule has 3 aromatic rings. The predicted octanol–water partition coefficient (Wildman–Crippen LogP) is 4.40. The topological polar surface area (TPSA) is 143 Å². The lowest BCUT2D eigenvalue weighted by Gasteiger charge is -2.38. The van der Waals surface area contributed by atoms with E-state index in [2.05, 4.69) is 20.7 Å². The highest BCUT2D eigenvalue weighted by Gasteiger charge is 2.42. The van der Waals surface area contributed by atoms with Crippen LogP contribution in [0.15, 0.2) is 48.5 Å². The lowest BCUT2D eigenvalue weighted by molar-refractivity contribution is -0.141. The molecule has 3 unspecified atom stereocenters. The third-order valence-corrected chi connectivity index (χ3v) is 8.67. The number of carbonyl (C=O) groups is 4. The Hall–Kier alpha value is -4.95. The van der Waals surface area contributed by atoms with Crippen LogP contribution < -0.4 is 5.32 Å². The molecule has 15 heteroatoms. The van der Waals surface area contributed by atoms with Gasteiger partial charge < -0.3 is 19.9 Å². The van der Waals surface area contributed by atoms with Gasteiger partial charge in [-0.25, -0.2) is 13.6 Å². The lowest BCUT2D eigenvalue weighted by atomic mass is 9.85. The molecule has 0 saturated carbocycles. The van der Waals surface area contributed by atoms with Gasteiger partial charge in [-0.1, -0.05) is 32.9 Å². The zero-order chi connectivity index (χ0) is 37.7. The minimum Gasteiger partial charge on any atom is -0.444 e. The molecule has 276 valence electrons.